The lowest BCUT2D eigenvalue weighted by Crippen LogP contribution is -2.58. The van der Waals surface area contributed by atoms with Crippen LogP contribution in [0.25, 0.3) is 0 Å². The van der Waals surface area contributed by atoms with Crippen LogP contribution in [0.3, 0.4) is 0 Å². The summed E-state index contributed by atoms with van der Waals surface area (Å²) in [6.45, 7) is 4.52. The quantitative estimate of drug-likeness (QED) is 0.815. The van der Waals surface area contributed by atoms with Crippen LogP contribution < -0.4 is 15.6 Å². The predicted molar refractivity (Wildman–Crippen MR) is 105 cm³/mol. The van der Waals surface area contributed by atoms with Gasteiger partial charge in [-0.25, -0.2) is 9.80 Å². The van der Waals surface area contributed by atoms with E-state index in [1.165, 1.54) is 0 Å². The molecule has 0 saturated carbocycles. The molecule has 7 nitrogen and oxygen atoms in total. The van der Waals surface area contributed by atoms with Crippen molar-refractivity contribution in [3.8, 4) is 0 Å². The molecular weight excluding hydrogens is 342 g/mol. The highest BCUT2D eigenvalue weighted by molar-refractivity contribution is 6.17. The molecule has 0 spiro atoms. The molecule has 7 heteroatoms. The topological polar surface area (TPSA) is 67.9 Å². The number of benzene rings is 2. The summed E-state index contributed by atoms with van der Waals surface area (Å²) in [4.78, 5) is 29.7. The number of urea groups is 1. The minimum absolute atomic E-state index is 0.221. The van der Waals surface area contributed by atoms with Crippen molar-refractivity contribution in [2.75, 3.05) is 36.9 Å². The largest absolute Gasteiger partial charge is 0.341 e. The van der Waals surface area contributed by atoms with E-state index in [1.807, 2.05) is 29.3 Å². The molecule has 0 radical (unpaired) electrons. The average Bonchev–Trinajstić information content (AvgIpc) is 2.79. The highest BCUT2D eigenvalue weighted by atomic mass is 16.2. The number of rotatable bonds is 1. The van der Waals surface area contributed by atoms with Gasteiger partial charge in [0.05, 0.1) is 22.6 Å². The second kappa shape index (κ2) is 7.02. The monoisotopic (exact) mass is 365 g/mol. The van der Waals surface area contributed by atoms with Crippen molar-refractivity contribution < 1.29 is 9.59 Å². The first-order valence-corrected chi connectivity index (χ1v) is 9.10. The first kappa shape index (κ1) is 17.5. The van der Waals surface area contributed by atoms with Gasteiger partial charge < -0.3 is 10.2 Å². The molecule has 2 aliphatic rings. The van der Waals surface area contributed by atoms with Crippen LogP contribution in [0.4, 0.5) is 21.9 Å². The molecule has 0 bridgehead atoms. The maximum atomic E-state index is 13.3. The number of hydrazine groups is 1. The molecule has 140 valence electrons. The number of para-hydroxylation sites is 3. The zero-order valence-electron chi connectivity index (χ0n) is 15.5. The Balaban J connectivity index is 1.70. The predicted octanol–water partition coefficient (Wildman–Crippen LogP) is 2.65. The summed E-state index contributed by atoms with van der Waals surface area (Å²) >= 11 is 0. The summed E-state index contributed by atoms with van der Waals surface area (Å²) in [5.74, 6) is -0.221. The Bertz CT molecular complexity index is 884. The summed E-state index contributed by atoms with van der Waals surface area (Å²) in [5, 5.41) is 4.84. The average molecular weight is 365 g/mol. The molecule has 2 aromatic rings. The standard InChI is InChI=1S/C20H23N5O2/c1-14-13-24(12-11-23(14)2)22-20(27)25-17-9-5-3-7-15(17)19(26)21-16-8-4-6-10-18(16)25/h3-10,14H,11-13H2,1-2H3,(H,21,26)(H,22,27). The highest BCUT2D eigenvalue weighted by Gasteiger charge is 2.31. The number of hydrogen-bond acceptors (Lipinski definition) is 4. The van der Waals surface area contributed by atoms with Gasteiger partial charge in [-0.05, 0) is 38.2 Å². The number of nitrogens with zero attached hydrogens (tertiary/aromatic N) is 3. The summed E-state index contributed by atoms with van der Waals surface area (Å²) in [6, 6.07) is 14.6. The lowest BCUT2D eigenvalue weighted by molar-refractivity contribution is 0.0766. The third-order valence-electron chi connectivity index (χ3n) is 5.20. The van der Waals surface area contributed by atoms with Crippen molar-refractivity contribution >= 4 is 29.0 Å². The fraction of sp³-hybridized carbons (Fsp3) is 0.300. The van der Waals surface area contributed by atoms with Gasteiger partial charge >= 0.3 is 6.03 Å². The molecule has 4 rings (SSSR count). The van der Waals surface area contributed by atoms with Crippen LogP contribution in [0.1, 0.15) is 17.3 Å². The van der Waals surface area contributed by atoms with Crippen LogP contribution >= 0.6 is 0 Å². The molecule has 1 saturated heterocycles. The lowest BCUT2D eigenvalue weighted by atomic mass is 10.1. The number of anilines is 3. The molecule has 1 fully saturated rings. The second-order valence-corrected chi connectivity index (χ2v) is 7.02. The summed E-state index contributed by atoms with van der Waals surface area (Å²) in [5.41, 5.74) is 5.32. The van der Waals surface area contributed by atoms with Gasteiger partial charge in [0.15, 0.2) is 0 Å². The van der Waals surface area contributed by atoms with Crippen molar-refractivity contribution in [2.45, 2.75) is 13.0 Å². The first-order valence-electron chi connectivity index (χ1n) is 9.10. The van der Waals surface area contributed by atoms with Crippen molar-refractivity contribution in [3.05, 3.63) is 54.1 Å². The van der Waals surface area contributed by atoms with Gasteiger partial charge in [-0.15, -0.1) is 0 Å². The molecule has 1 atom stereocenters. The van der Waals surface area contributed by atoms with Gasteiger partial charge in [0.1, 0.15) is 0 Å². The molecule has 3 amide bonds. The van der Waals surface area contributed by atoms with Crippen LogP contribution in [0.2, 0.25) is 0 Å². The van der Waals surface area contributed by atoms with Crippen LogP contribution in [0, 0.1) is 0 Å². The van der Waals surface area contributed by atoms with Gasteiger partial charge in [0.2, 0.25) is 0 Å². The number of carbonyl (C=O) groups excluding carboxylic acids is 2. The van der Waals surface area contributed by atoms with Crippen LogP contribution in [0.5, 0.6) is 0 Å². The second-order valence-electron chi connectivity index (χ2n) is 7.02. The zero-order chi connectivity index (χ0) is 19.0. The SMILES string of the molecule is CC1CN(NC(=O)N2c3ccccc3NC(=O)c3ccccc32)CCN1C. The number of hydrogen-bond donors (Lipinski definition) is 2. The van der Waals surface area contributed by atoms with E-state index >= 15 is 0 Å². The molecule has 2 aliphatic heterocycles. The Kier molecular flexibility index (Phi) is 4.55. The lowest BCUT2D eigenvalue weighted by Gasteiger charge is -2.38. The number of likely N-dealkylation sites (N-methyl/N-ethyl adjacent to an activating group) is 1. The zero-order valence-corrected chi connectivity index (χ0v) is 15.5. The highest BCUT2D eigenvalue weighted by Crippen LogP contribution is 2.37. The molecule has 0 aliphatic carbocycles. The number of fused-ring (bicyclic) bond motifs is 2. The van der Waals surface area contributed by atoms with E-state index in [1.54, 1.807) is 29.2 Å². The minimum Gasteiger partial charge on any atom is -0.320 e. The van der Waals surface area contributed by atoms with E-state index in [2.05, 4.69) is 29.6 Å². The van der Waals surface area contributed by atoms with Crippen molar-refractivity contribution in [3.63, 3.8) is 0 Å². The van der Waals surface area contributed by atoms with Gasteiger partial charge in [-0.3, -0.25) is 15.1 Å². The summed E-state index contributed by atoms with van der Waals surface area (Å²) < 4.78 is 0. The first-order chi connectivity index (χ1) is 13.0. The number of piperazine rings is 1. The van der Waals surface area contributed by atoms with Gasteiger partial charge in [-0.2, -0.15) is 0 Å². The normalized spacial score (nSPS) is 20.3. The Hall–Kier alpha value is -2.90. The third kappa shape index (κ3) is 3.27. The van der Waals surface area contributed by atoms with Gasteiger partial charge in [0.25, 0.3) is 5.91 Å². The van der Waals surface area contributed by atoms with Crippen molar-refractivity contribution in [2.24, 2.45) is 0 Å². The van der Waals surface area contributed by atoms with E-state index in [0.29, 0.717) is 28.7 Å². The van der Waals surface area contributed by atoms with Crippen LogP contribution in [-0.2, 0) is 0 Å². The molecule has 0 aromatic heterocycles. The summed E-state index contributed by atoms with van der Waals surface area (Å²) in [7, 11) is 2.09. The van der Waals surface area contributed by atoms with E-state index in [9.17, 15) is 9.59 Å². The van der Waals surface area contributed by atoms with Crippen molar-refractivity contribution in [1.29, 1.82) is 0 Å². The fourth-order valence-electron chi connectivity index (χ4n) is 3.51. The molecule has 2 aromatic carbocycles. The number of nitrogens with one attached hydrogen (secondary N) is 2. The van der Waals surface area contributed by atoms with E-state index in [4.69, 9.17) is 0 Å². The number of carbonyl (C=O) groups is 2. The van der Waals surface area contributed by atoms with Crippen LogP contribution in [0.15, 0.2) is 48.5 Å². The number of amides is 3. The Morgan fingerprint density at radius 3 is 2.56 bits per heavy atom. The van der Waals surface area contributed by atoms with E-state index in [0.717, 1.165) is 19.6 Å². The molecule has 27 heavy (non-hydrogen) atoms. The Morgan fingerprint density at radius 2 is 1.78 bits per heavy atom. The van der Waals surface area contributed by atoms with E-state index < -0.39 is 0 Å². The molecular formula is C20H23N5O2. The third-order valence-corrected chi connectivity index (χ3v) is 5.20. The maximum Gasteiger partial charge on any atom is 0.341 e. The van der Waals surface area contributed by atoms with E-state index in [-0.39, 0.29) is 11.9 Å². The smallest absolute Gasteiger partial charge is 0.320 e. The van der Waals surface area contributed by atoms with Gasteiger partial charge in [-0.1, -0.05) is 24.3 Å². The van der Waals surface area contributed by atoms with Crippen LogP contribution in [-0.4, -0.2) is 54.6 Å². The summed E-state index contributed by atoms with van der Waals surface area (Å²) in [6.07, 6.45) is 0. The Labute approximate surface area is 158 Å². The van der Waals surface area contributed by atoms with Crippen molar-refractivity contribution in [1.82, 2.24) is 15.3 Å². The Morgan fingerprint density at radius 1 is 1.07 bits per heavy atom. The van der Waals surface area contributed by atoms with Gasteiger partial charge in [0, 0.05) is 25.7 Å². The fourth-order valence-corrected chi connectivity index (χ4v) is 3.51. The minimum atomic E-state index is -0.275. The molecule has 2 heterocycles. The maximum absolute atomic E-state index is 13.3. The molecule has 2 N–H and O–H groups in total. The molecule has 1 unspecified atom stereocenters.